The Hall–Kier alpha value is -3.39. The van der Waals surface area contributed by atoms with Crippen LogP contribution in [0, 0.1) is 6.92 Å². The minimum Gasteiger partial charge on any atom is -0.376 e. The summed E-state index contributed by atoms with van der Waals surface area (Å²) in [6.45, 7) is 1.84. The SMILES string of the molecule is Cc1ccc(S(=O)(=O)Oc2c(Cl)cc(/C=N\NC(=O)c3cccc4ccccc34)cc2Cl)cc1. The maximum atomic E-state index is 12.6. The number of fused-ring (bicyclic) bond motifs is 1. The van der Waals surface area contributed by atoms with Crippen LogP contribution in [0.4, 0.5) is 0 Å². The minimum absolute atomic E-state index is 0.0213. The lowest BCUT2D eigenvalue weighted by Crippen LogP contribution is -2.17. The van der Waals surface area contributed by atoms with Crippen LogP contribution in [0.15, 0.2) is 88.9 Å². The molecule has 4 aromatic rings. The van der Waals surface area contributed by atoms with E-state index in [9.17, 15) is 13.2 Å². The van der Waals surface area contributed by atoms with Gasteiger partial charge in [-0.1, -0.05) is 77.3 Å². The Bertz CT molecular complexity index is 1490. The average Bonchev–Trinajstić information content (AvgIpc) is 2.81. The molecule has 0 aliphatic heterocycles. The first-order valence-electron chi connectivity index (χ1n) is 10.1. The predicted molar refractivity (Wildman–Crippen MR) is 134 cm³/mol. The molecule has 0 spiro atoms. The summed E-state index contributed by atoms with van der Waals surface area (Å²) in [7, 11) is -4.12. The van der Waals surface area contributed by atoms with Gasteiger partial charge in [-0.05, 0) is 53.6 Å². The minimum atomic E-state index is -4.12. The van der Waals surface area contributed by atoms with Gasteiger partial charge in [0.2, 0.25) is 0 Å². The highest BCUT2D eigenvalue weighted by Gasteiger charge is 2.21. The number of hydrazone groups is 1. The first kappa shape index (κ1) is 23.8. The molecule has 0 aliphatic rings. The number of carbonyl (C=O) groups is 1. The van der Waals surface area contributed by atoms with Crippen molar-refractivity contribution in [3.8, 4) is 5.75 Å². The van der Waals surface area contributed by atoms with Crippen molar-refractivity contribution in [1.29, 1.82) is 0 Å². The smallest absolute Gasteiger partial charge is 0.339 e. The van der Waals surface area contributed by atoms with E-state index < -0.39 is 10.1 Å². The van der Waals surface area contributed by atoms with Crippen molar-refractivity contribution >= 4 is 56.2 Å². The van der Waals surface area contributed by atoms with E-state index >= 15 is 0 Å². The molecular formula is C25H18Cl2N2O4S. The van der Waals surface area contributed by atoms with Crippen LogP contribution in [-0.2, 0) is 10.1 Å². The quantitative estimate of drug-likeness (QED) is 0.195. The number of halogens is 2. The normalized spacial score (nSPS) is 11.6. The van der Waals surface area contributed by atoms with E-state index in [1.54, 1.807) is 24.3 Å². The second kappa shape index (κ2) is 9.85. The van der Waals surface area contributed by atoms with Gasteiger partial charge in [-0.25, -0.2) is 5.43 Å². The van der Waals surface area contributed by atoms with Gasteiger partial charge in [0.1, 0.15) is 4.90 Å². The van der Waals surface area contributed by atoms with Crippen LogP contribution in [0.3, 0.4) is 0 Å². The molecular weight excluding hydrogens is 495 g/mol. The molecule has 0 aliphatic carbocycles. The number of carbonyl (C=O) groups excluding carboxylic acids is 1. The molecule has 6 nitrogen and oxygen atoms in total. The van der Waals surface area contributed by atoms with Gasteiger partial charge in [-0.2, -0.15) is 13.5 Å². The Morgan fingerprint density at radius 3 is 2.29 bits per heavy atom. The van der Waals surface area contributed by atoms with Crippen LogP contribution >= 0.6 is 23.2 Å². The fourth-order valence-corrected chi connectivity index (χ4v) is 4.88. The number of amides is 1. The van der Waals surface area contributed by atoms with E-state index in [0.29, 0.717) is 11.1 Å². The Balaban J connectivity index is 1.50. The highest BCUT2D eigenvalue weighted by atomic mass is 35.5. The lowest BCUT2D eigenvalue weighted by atomic mass is 10.0. The van der Waals surface area contributed by atoms with Gasteiger partial charge in [0.15, 0.2) is 5.75 Å². The Labute approximate surface area is 206 Å². The van der Waals surface area contributed by atoms with Crippen LogP contribution in [0.25, 0.3) is 10.8 Å². The van der Waals surface area contributed by atoms with Crippen molar-refractivity contribution in [2.24, 2.45) is 5.10 Å². The third-order valence-corrected chi connectivity index (χ3v) is 6.73. The van der Waals surface area contributed by atoms with Crippen molar-refractivity contribution in [3.63, 3.8) is 0 Å². The molecule has 0 unspecified atom stereocenters. The lowest BCUT2D eigenvalue weighted by Gasteiger charge is -2.11. The zero-order valence-electron chi connectivity index (χ0n) is 17.8. The molecule has 172 valence electrons. The fraction of sp³-hybridized carbons (Fsp3) is 0.0400. The van der Waals surface area contributed by atoms with Crippen LogP contribution in [0.2, 0.25) is 10.0 Å². The Morgan fingerprint density at radius 1 is 0.941 bits per heavy atom. The first-order valence-corrected chi connectivity index (χ1v) is 12.2. The van der Waals surface area contributed by atoms with Gasteiger partial charge in [0.05, 0.1) is 16.3 Å². The van der Waals surface area contributed by atoms with Gasteiger partial charge in [-0.15, -0.1) is 0 Å². The lowest BCUT2D eigenvalue weighted by molar-refractivity contribution is 0.0956. The Morgan fingerprint density at radius 2 is 1.59 bits per heavy atom. The van der Waals surface area contributed by atoms with Crippen LogP contribution < -0.4 is 9.61 Å². The number of aryl methyl sites for hydroxylation is 1. The average molecular weight is 513 g/mol. The third-order valence-electron chi connectivity index (χ3n) is 4.94. The topological polar surface area (TPSA) is 84.8 Å². The number of rotatable bonds is 6. The summed E-state index contributed by atoms with van der Waals surface area (Å²) in [6, 6.07) is 22.0. The summed E-state index contributed by atoms with van der Waals surface area (Å²) >= 11 is 12.5. The molecule has 1 N–H and O–H groups in total. The highest BCUT2D eigenvalue weighted by molar-refractivity contribution is 7.87. The summed E-state index contributed by atoms with van der Waals surface area (Å²) in [5.41, 5.74) is 4.30. The maximum Gasteiger partial charge on any atom is 0.339 e. The van der Waals surface area contributed by atoms with E-state index in [2.05, 4.69) is 10.5 Å². The molecule has 0 atom stereocenters. The monoisotopic (exact) mass is 512 g/mol. The molecule has 0 saturated carbocycles. The zero-order valence-corrected chi connectivity index (χ0v) is 20.2. The molecule has 34 heavy (non-hydrogen) atoms. The second-order valence-corrected chi connectivity index (χ2v) is 9.75. The van der Waals surface area contributed by atoms with Gasteiger partial charge in [0.25, 0.3) is 5.91 Å². The number of hydrogen-bond donors (Lipinski definition) is 1. The standard InChI is InChI=1S/C25H18Cl2N2O4S/c1-16-9-11-19(12-10-16)34(31,32)33-24-22(26)13-17(14-23(24)27)15-28-29-25(30)21-8-4-6-18-5-2-3-7-20(18)21/h2-15H,1H3,(H,29,30)/b28-15-. The van der Waals surface area contributed by atoms with Crippen LogP contribution in [0.5, 0.6) is 5.75 Å². The van der Waals surface area contributed by atoms with Crippen molar-refractivity contribution in [2.45, 2.75) is 11.8 Å². The molecule has 0 radical (unpaired) electrons. The Kier molecular flexibility index (Phi) is 6.88. The van der Waals surface area contributed by atoms with Gasteiger partial charge in [0, 0.05) is 5.56 Å². The number of hydrogen-bond acceptors (Lipinski definition) is 5. The summed E-state index contributed by atoms with van der Waals surface area (Å²) in [5, 5.41) is 5.66. The molecule has 0 saturated heterocycles. The third kappa shape index (κ3) is 5.22. The number of benzene rings is 4. The van der Waals surface area contributed by atoms with E-state index in [-0.39, 0.29) is 26.6 Å². The number of nitrogens with zero attached hydrogens (tertiary/aromatic N) is 1. The fourth-order valence-electron chi connectivity index (χ4n) is 3.25. The summed E-state index contributed by atoms with van der Waals surface area (Å²) in [4.78, 5) is 12.6. The molecule has 9 heteroatoms. The van der Waals surface area contributed by atoms with Crippen molar-refractivity contribution in [2.75, 3.05) is 0 Å². The van der Waals surface area contributed by atoms with Crippen molar-refractivity contribution in [1.82, 2.24) is 5.43 Å². The molecule has 0 heterocycles. The summed E-state index contributed by atoms with van der Waals surface area (Å²) in [5.74, 6) is -0.574. The summed E-state index contributed by atoms with van der Waals surface area (Å²) < 4.78 is 30.3. The summed E-state index contributed by atoms with van der Waals surface area (Å²) in [6.07, 6.45) is 1.35. The molecule has 4 aromatic carbocycles. The first-order chi connectivity index (χ1) is 16.2. The predicted octanol–water partition coefficient (Wildman–Crippen LogP) is 5.99. The van der Waals surface area contributed by atoms with Gasteiger partial charge >= 0.3 is 10.1 Å². The molecule has 4 rings (SSSR count). The molecule has 0 fully saturated rings. The number of nitrogens with one attached hydrogen (secondary N) is 1. The molecule has 0 bridgehead atoms. The van der Waals surface area contributed by atoms with E-state index in [1.165, 1.54) is 30.5 Å². The molecule has 0 aromatic heterocycles. The largest absolute Gasteiger partial charge is 0.376 e. The van der Waals surface area contributed by atoms with Crippen LogP contribution in [-0.4, -0.2) is 20.5 Å². The zero-order chi connectivity index (χ0) is 24.3. The molecule has 1 amide bonds. The second-order valence-electron chi connectivity index (χ2n) is 7.39. The van der Waals surface area contributed by atoms with E-state index in [0.717, 1.165) is 16.3 Å². The van der Waals surface area contributed by atoms with Crippen LogP contribution in [0.1, 0.15) is 21.5 Å². The van der Waals surface area contributed by atoms with E-state index in [4.69, 9.17) is 27.4 Å². The highest BCUT2D eigenvalue weighted by Crippen LogP contribution is 2.36. The van der Waals surface area contributed by atoms with E-state index in [1.807, 2.05) is 37.3 Å². The van der Waals surface area contributed by atoms with Gasteiger partial charge < -0.3 is 4.18 Å². The van der Waals surface area contributed by atoms with Crippen molar-refractivity contribution in [3.05, 3.63) is 106 Å². The van der Waals surface area contributed by atoms with Gasteiger partial charge in [-0.3, -0.25) is 4.79 Å². The maximum absolute atomic E-state index is 12.6. The van der Waals surface area contributed by atoms with Crippen molar-refractivity contribution < 1.29 is 17.4 Å².